The average Bonchev–Trinajstić information content (AvgIpc) is 2.97. The van der Waals surface area contributed by atoms with Crippen LogP contribution in [0.5, 0.6) is 0 Å². The highest BCUT2D eigenvalue weighted by Crippen LogP contribution is 2.41. The highest BCUT2D eigenvalue weighted by atomic mass is 19.4. The van der Waals surface area contributed by atoms with Gasteiger partial charge in [0, 0.05) is 0 Å². The van der Waals surface area contributed by atoms with E-state index in [1.165, 1.54) is 0 Å². The molecule has 1 saturated carbocycles. The van der Waals surface area contributed by atoms with Crippen molar-refractivity contribution in [3.8, 4) is 0 Å². The molecule has 1 aromatic heterocycles. The van der Waals surface area contributed by atoms with Crippen molar-refractivity contribution in [3.63, 3.8) is 0 Å². The molecule has 0 bridgehead atoms. The summed E-state index contributed by atoms with van der Waals surface area (Å²) in [4.78, 5) is 12.0. The molecule has 20 heavy (non-hydrogen) atoms. The monoisotopic (exact) mass is 291 g/mol. The lowest BCUT2D eigenvalue weighted by Gasteiger charge is -2.20. The smallest absolute Gasteiger partial charge is 0.437 e. The van der Waals surface area contributed by atoms with Gasteiger partial charge < -0.3 is 10.5 Å². The zero-order chi connectivity index (χ0) is 15.3. The second kappa shape index (κ2) is 4.39. The van der Waals surface area contributed by atoms with Gasteiger partial charge in [-0.05, 0) is 33.6 Å². The molecule has 1 heterocycles. The van der Waals surface area contributed by atoms with E-state index >= 15 is 0 Å². The van der Waals surface area contributed by atoms with Crippen LogP contribution in [-0.4, -0.2) is 21.4 Å². The van der Waals surface area contributed by atoms with Crippen molar-refractivity contribution in [3.05, 3.63) is 11.4 Å². The Morgan fingerprint density at radius 2 is 1.90 bits per heavy atom. The molecule has 2 N–H and O–H groups in total. The Kier molecular flexibility index (Phi) is 3.22. The first-order valence-corrected chi connectivity index (χ1v) is 6.19. The van der Waals surface area contributed by atoms with E-state index in [4.69, 9.17) is 10.5 Å². The van der Waals surface area contributed by atoms with Gasteiger partial charge in [-0.1, -0.05) is 0 Å². The standard InChI is InChI=1S/C12H16F3N3O2/c1-11(2,3)20-10(19)8-7(16)9(12(13,14)15)17-18(8)6-4-5-6/h6H,4-5,16H2,1-3H3. The van der Waals surface area contributed by atoms with Crippen molar-refractivity contribution in [2.24, 2.45) is 0 Å². The van der Waals surface area contributed by atoms with E-state index < -0.39 is 29.1 Å². The lowest BCUT2D eigenvalue weighted by molar-refractivity contribution is -0.140. The van der Waals surface area contributed by atoms with E-state index in [1.54, 1.807) is 20.8 Å². The van der Waals surface area contributed by atoms with Crippen molar-refractivity contribution in [1.82, 2.24) is 9.78 Å². The zero-order valence-electron chi connectivity index (χ0n) is 11.4. The normalized spacial score (nSPS) is 16.3. The van der Waals surface area contributed by atoms with Gasteiger partial charge in [0.05, 0.1) is 11.7 Å². The molecule has 0 atom stereocenters. The molecule has 1 fully saturated rings. The summed E-state index contributed by atoms with van der Waals surface area (Å²) in [5.74, 6) is -0.884. The van der Waals surface area contributed by atoms with Gasteiger partial charge in [-0.2, -0.15) is 18.3 Å². The SMILES string of the molecule is CC(C)(C)OC(=O)c1c(N)c(C(F)(F)F)nn1C1CC1. The van der Waals surface area contributed by atoms with Gasteiger partial charge in [0.25, 0.3) is 0 Å². The van der Waals surface area contributed by atoms with Crippen LogP contribution in [0, 0.1) is 0 Å². The Bertz CT molecular complexity index is 539. The van der Waals surface area contributed by atoms with Gasteiger partial charge >= 0.3 is 12.1 Å². The van der Waals surface area contributed by atoms with Crippen molar-refractivity contribution in [1.29, 1.82) is 0 Å². The molecule has 1 aliphatic rings. The number of aromatic nitrogens is 2. The van der Waals surface area contributed by atoms with Gasteiger partial charge in [-0.3, -0.25) is 4.68 Å². The number of rotatable bonds is 2. The molecule has 2 rings (SSSR count). The third kappa shape index (κ3) is 2.88. The van der Waals surface area contributed by atoms with Crippen LogP contribution in [0.25, 0.3) is 0 Å². The summed E-state index contributed by atoms with van der Waals surface area (Å²) in [5, 5.41) is 3.46. The highest BCUT2D eigenvalue weighted by Gasteiger charge is 2.43. The van der Waals surface area contributed by atoms with E-state index in [0.717, 1.165) is 4.68 Å². The predicted molar refractivity (Wildman–Crippen MR) is 65.1 cm³/mol. The molecule has 0 spiro atoms. The van der Waals surface area contributed by atoms with Crippen LogP contribution >= 0.6 is 0 Å². The summed E-state index contributed by atoms with van der Waals surface area (Å²) < 4.78 is 44.6. The van der Waals surface area contributed by atoms with Gasteiger partial charge in [0.1, 0.15) is 5.60 Å². The lowest BCUT2D eigenvalue weighted by Crippen LogP contribution is -2.26. The summed E-state index contributed by atoms with van der Waals surface area (Å²) >= 11 is 0. The maximum atomic E-state index is 12.8. The summed E-state index contributed by atoms with van der Waals surface area (Å²) in [5.41, 5.74) is 2.44. The maximum absolute atomic E-state index is 12.8. The fourth-order valence-corrected chi connectivity index (χ4v) is 1.77. The van der Waals surface area contributed by atoms with E-state index in [2.05, 4.69) is 5.10 Å². The van der Waals surface area contributed by atoms with Crippen LogP contribution in [0.4, 0.5) is 18.9 Å². The molecule has 0 saturated heterocycles. The number of hydrogen-bond acceptors (Lipinski definition) is 4. The number of carbonyl (C=O) groups excluding carboxylic acids is 1. The minimum absolute atomic E-state index is 0.212. The van der Waals surface area contributed by atoms with Gasteiger partial charge in [-0.25, -0.2) is 4.79 Å². The van der Waals surface area contributed by atoms with Gasteiger partial charge in [0.2, 0.25) is 0 Å². The first kappa shape index (κ1) is 14.7. The van der Waals surface area contributed by atoms with Crippen molar-refractivity contribution in [2.45, 2.75) is 51.4 Å². The molecule has 1 aromatic rings. The Morgan fingerprint density at radius 3 is 2.30 bits per heavy atom. The maximum Gasteiger partial charge on any atom is 0.437 e. The Hall–Kier alpha value is -1.73. The summed E-state index contributed by atoms with van der Waals surface area (Å²) in [6, 6.07) is -0.212. The van der Waals surface area contributed by atoms with E-state index in [-0.39, 0.29) is 11.7 Å². The van der Waals surface area contributed by atoms with E-state index in [1.807, 2.05) is 0 Å². The van der Waals surface area contributed by atoms with Crippen LogP contribution in [0.2, 0.25) is 0 Å². The minimum atomic E-state index is -4.69. The second-order valence-corrected chi connectivity index (χ2v) is 5.79. The van der Waals surface area contributed by atoms with E-state index in [9.17, 15) is 18.0 Å². The quantitative estimate of drug-likeness (QED) is 0.851. The molecule has 0 aliphatic heterocycles. The summed E-state index contributed by atoms with van der Waals surface area (Å²) in [6.07, 6.45) is -3.34. The number of anilines is 1. The highest BCUT2D eigenvalue weighted by molar-refractivity contribution is 5.94. The summed E-state index contributed by atoms with van der Waals surface area (Å²) in [6.45, 7) is 4.89. The van der Waals surface area contributed by atoms with Crippen LogP contribution < -0.4 is 5.73 Å². The zero-order valence-corrected chi connectivity index (χ0v) is 11.4. The molecule has 0 amide bonds. The minimum Gasteiger partial charge on any atom is -0.455 e. The van der Waals surface area contributed by atoms with Crippen LogP contribution in [-0.2, 0) is 10.9 Å². The molecule has 5 nitrogen and oxygen atoms in total. The van der Waals surface area contributed by atoms with Gasteiger partial charge in [0.15, 0.2) is 11.4 Å². The largest absolute Gasteiger partial charge is 0.455 e. The molecule has 1 aliphatic carbocycles. The first-order valence-electron chi connectivity index (χ1n) is 6.19. The molecule has 0 aromatic carbocycles. The number of esters is 1. The number of halogens is 3. The number of alkyl halides is 3. The number of carbonyl (C=O) groups is 1. The molecule has 0 unspecified atom stereocenters. The van der Waals surface area contributed by atoms with E-state index in [0.29, 0.717) is 12.8 Å². The third-order valence-electron chi connectivity index (χ3n) is 2.70. The molecule has 0 radical (unpaired) electrons. The van der Waals surface area contributed by atoms with Crippen LogP contribution in [0.15, 0.2) is 0 Å². The topological polar surface area (TPSA) is 70.1 Å². The Balaban J connectivity index is 2.45. The number of nitrogen functional groups attached to an aromatic ring is 1. The predicted octanol–water partition coefficient (Wildman–Crippen LogP) is 2.77. The van der Waals surface area contributed by atoms with Crippen LogP contribution in [0.3, 0.4) is 0 Å². The van der Waals surface area contributed by atoms with Gasteiger partial charge in [-0.15, -0.1) is 0 Å². The summed E-state index contributed by atoms with van der Waals surface area (Å²) in [7, 11) is 0. The van der Waals surface area contributed by atoms with Crippen LogP contribution in [0.1, 0.15) is 55.8 Å². The molecular formula is C12H16F3N3O2. The first-order chi connectivity index (χ1) is 9.00. The fourth-order valence-electron chi connectivity index (χ4n) is 1.77. The number of hydrogen-bond donors (Lipinski definition) is 1. The fraction of sp³-hybridized carbons (Fsp3) is 0.667. The van der Waals surface area contributed by atoms with Crippen molar-refractivity contribution < 1.29 is 22.7 Å². The lowest BCUT2D eigenvalue weighted by atomic mass is 10.2. The average molecular weight is 291 g/mol. The molecule has 112 valence electrons. The Labute approximate surface area is 113 Å². The number of ether oxygens (including phenoxy) is 1. The molecular weight excluding hydrogens is 275 g/mol. The number of nitrogens with zero attached hydrogens (tertiary/aromatic N) is 2. The Morgan fingerprint density at radius 1 is 1.35 bits per heavy atom. The number of nitrogens with two attached hydrogens (primary N) is 1. The third-order valence-corrected chi connectivity index (χ3v) is 2.70. The van der Waals surface area contributed by atoms with Crippen molar-refractivity contribution in [2.75, 3.05) is 5.73 Å². The van der Waals surface area contributed by atoms with Crippen molar-refractivity contribution >= 4 is 11.7 Å². The molecule has 8 heteroatoms. The second-order valence-electron chi connectivity index (χ2n) is 5.79.